The number of carbonyl (C=O) groups is 2. The molecule has 12 heteroatoms. The second-order valence-corrected chi connectivity index (χ2v) is 11.8. The maximum Gasteiger partial charge on any atom is 0.416 e. The number of aryl methyl sites for hydroxylation is 1. The molecule has 1 aliphatic heterocycles. The smallest absolute Gasteiger partial charge is 0.346 e. The molecule has 0 bridgehead atoms. The van der Waals surface area contributed by atoms with Crippen molar-refractivity contribution in [1.82, 2.24) is 19.8 Å². The fourth-order valence-corrected chi connectivity index (χ4v) is 6.25. The van der Waals surface area contributed by atoms with Crippen LogP contribution in [0.2, 0.25) is 0 Å². The summed E-state index contributed by atoms with van der Waals surface area (Å²) in [5.74, 6) is -0.922. The Morgan fingerprint density at radius 3 is 2.56 bits per heavy atom. The molecule has 0 saturated carbocycles. The zero-order valence-electron chi connectivity index (χ0n) is 23.5. The lowest BCUT2D eigenvalue weighted by molar-refractivity contribution is -0.138. The summed E-state index contributed by atoms with van der Waals surface area (Å²) in [5.41, 5.74) is 1.54. The number of alkyl halides is 3. The van der Waals surface area contributed by atoms with Crippen molar-refractivity contribution >= 4 is 55.6 Å². The monoisotopic (exact) mass is 606 g/mol. The highest BCUT2D eigenvalue weighted by Gasteiger charge is 2.34. The molecule has 1 fully saturated rings. The number of H-pyrrole nitrogens is 1. The highest BCUT2D eigenvalue weighted by molar-refractivity contribution is 7.21. The van der Waals surface area contributed by atoms with Crippen molar-refractivity contribution in [3.63, 3.8) is 0 Å². The minimum Gasteiger partial charge on any atom is -0.346 e. The third-order valence-corrected chi connectivity index (χ3v) is 8.88. The van der Waals surface area contributed by atoms with Crippen molar-refractivity contribution in [1.29, 1.82) is 0 Å². The summed E-state index contributed by atoms with van der Waals surface area (Å²) in [4.78, 5) is 38.3. The molecule has 1 aliphatic rings. The first kappa shape index (κ1) is 28.8. The first-order valence-corrected chi connectivity index (χ1v) is 14.6. The molecule has 3 N–H and O–H groups in total. The Hall–Kier alpha value is -4.26. The van der Waals surface area contributed by atoms with E-state index in [0.717, 1.165) is 45.8 Å². The second kappa shape index (κ2) is 11.4. The van der Waals surface area contributed by atoms with Gasteiger partial charge >= 0.3 is 6.18 Å². The fraction of sp³-hybridized carbons (Fsp3) is 0.258. The van der Waals surface area contributed by atoms with Gasteiger partial charge in [-0.25, -0.2) is 4.98 Å². The van der Waals surface area contributed by atoms with Crippen LogP contribution in [0, 0.1) is 6.92 Å². The van der Waals surface area contributed by atoms with Crippen molar-refractivity contribution in [3.8, 4) is 0 Å². The largest absolute Gasteiger partial charge is 0.416 e. The lowest BCUT2D eigenvalue weighted by Gasteiger charge is -2.33. The van der Waals surface area contributed by atoms with Crippen LogP contribution < -0.4 is 10.6 Å². The number of hydrogen-bond donors (Lipinski definition) is 3. The van der Waals surface area contributed by atoms with E-state index < -0.39 is 17.6 Å². The number of fused-ring (bicyclic) bond motifs is 3. The van der Waals surface area contributed by atoms with E-state index in [1.807, 2.05) is 18.0 Å². The molecule has 1 saturated heterocycles. The predicted molar refractivity (Wildman–Crippen MR) is 163 cm³/mol. The minimum absolute atomic E-state index is 0.0422. The number of aromatic amines is 1. The Morgan fingerprint density at radius 2 is 1.79 bits per heavy atom. The van der Waals surface area contributed by atoms with Crippen molar-refractivity contribution < 1.29 is 22.8 Å². The fourth-order valence-electron chi connectivity index (χ4n) is 5.20. The van der Waals surface area contributed by atoms with Crippen LogP contribution in [0.5, 0.6) is 0 Å². The van der Waals surface area contributed by atoms with Crippen molar-refractivity contribution in [3.05, 3.63) is 88.1 Å². The lowest BCUT2D eigenvalue weighted by Crippen LogP contribution is -2.44. The summed E-state index contributed by atoms with van der Waals surface area (Å²) in [5, 5.41) is 7.24. The van der Waals surface area contributed by atoms with E-state index in [1.54, 1.807) is 37.5 Å². The Kier molecular flexibility index (Phi) is 7.67. The summed E-state index contributed by atoms with van der Waals surface area (Å²) < 4.78 is 43.0. The van der Waals surface area contributed by atoms with Gasteiger partial charge in [-0.15, -0.1) is 11.3 Å². The number of hydrogen-bond acceptors (Lipinski definition) is 6. The van der Waals surface area contributed by atoms with Gasteiger partial charge in [-0.05, 0) is 61.5 Å². The highest BCUT2D eigenvalue weighted by Crippen LogP contribution is 2.35. The molecule has 4 heterocycles. The molecule has 0 aliphatic carbocycles. The number of aromatic nitrogens is 2. The summed E-state index contributed by atoms with van der Waals surface area (Å²) in [7, 11) is 1.99. The molecule has 43 heavy (non-hydrogen) atoms. The van der Waals surface area contributed by atoms with Gasteiger partial charge in [0.25, 0.3) is 11.8 Å². The number of halogens is 3. The lowest BCUT2D eigenvalue weighted by atomic mass is 10.0. The summed E-state index contributed by atoms with van der Waals surface area (Å²) >= 11 is 1.34. The Labute approximate surface area is 249 Å². The number of rotatable bonds is 6. The van der Waals surface area contributed by atoms with Gasteiger partial charge in [0.05, 0.1) is 10.4 Å². The van der Waals surface area contributed by atoms with Gasteiger partial charge in [0, 0.05) is 77.5 Å². The number of thiophene rings is 1. The Morgan fingerprint density at radius 1 is 1.00 bits per heavy atom. The number of nitrogens with one attached hydrogen (secondary N) is 3. The average Bonchev–Trinajstić information content (AvgIpc) is 3.63. The maximum atomic E-state index is 14.0. The van der Waals surface area contributed by atoms with Crippen LogP contribution in [0.4, 0.5) is 24.5 Å². The van der Waals surface area contributed by atoms with Crippen LogP contribution in [0.15, 0.2) is 60.9 Å². The number of anilines is 2. The number of likely N-dealkylation sites (N-methyl/N-ethyl adjacent to an activating group) is 1. The Balaban J connectivity index is 1.19. The number of amides is 2. The molecule has 2 amide bonds. The van der Waals surface area contributed by atoms with Gasteiger partial charge in [0.1, 0.15) is 5.65 Å². The summed E-state index contributed by atoms with van der Waals surface area (Å²) in [6, 6.07) is 12.4. The van der Waals surface area contributed by atoms with Crippen LogP contribution in [0.3, 0.4) is 0 Å². The standard InChI is InChI=1S/C31H29F3N6O2S/c1-18-3-4-19(13-25(18)38-30(42)26-14-21-16-36-28-23(7-8-35-28)27(21)43-26)29(41)37-22-6-5-20(24(15-22)31(32,33)34)17-40-11-9-39(2)10-12-40/h3-8,13-16H,9-12,17H2,1-2H3,(H,35,36)(H,37,41)(H,38,42). The van der Waals surface area contributed by atoms with Gasteiger partial charge in [0.15, 0.2) is 0 Å². The zero-order valence-corrected chi connectivity index (χ0v) is 24.3. The van der Waals surface area contributed by atoms with Crippen molar-refractivity contribution in [2.75, 3.05) is 43.9 Å². The third kappa shape index (κ3) is 6.12. The van der Waals surface area contributed by atoms with E-state index in [4.69, 9.17) is 0 Å². The second-order valence-electron chi connectivity index (χ2n) is 10.8. The highest BCUT2D eigenvalue weighted by atomic mass is 32.1. The van der Waals surface area contributed by atoms with Gasteiger partial charge in [-0.3, -0.25) is 14.5 Å². The molecule has 6 rings (SSSR count). The number of piperazine rings is 1. The van der Waals surface area contributed by atoms with Gasteiger partial charge < -0.3 is 20.5 Å². The Bertz CT molecular complexity index is 1840. The van der Waals surface area contributed by atoms with Crippen LogP contribution in [-0.2, 0) is 12.7 Å². The normalized spacial score (nSPS) is 14.8. The molecule has 3 aromatic heterocycles. The van der Waals surface area contributed by atoms with E-state index in [9.17, 15) is 22.8 Å². The van der Waals surface area contributed by atoms with Crippen LogP contribution >= 0.6 is 11.3 Å². The third-order valence-electron chi connectivity index (χ3n) is 7.70. The van der Waals surface area contributed by atoms with Gasteiger partial charge in [-0.2, -0.15) is 13.2 Å². The van der Waals surface area contributed by atoms with Crippen LogP contribution in [0.1, 0.15) is 36.7 Å². The van der Waals surface area contributed by atoms with Crippen molar-refractivity contribution in [2.24, 2.45) is 0 Å². The number of pyridine rings is 1. The van der Waals surface area contributed by atoms with E-state index in [1.165, 1.54) is 29.5 Å². The summed E-state index contributed by atoms with van der Waals surface area (Å²) in [6.07, 6.45) is -1.07. The number of carbonyl (C=O) groups excluding carboxylic acids is 2. The van der Waals surface area contributed by atoms with E-state index >= 15 is 0 Å². The molecule has 0 unspecified atom stereocenters. The predicted octanol–water partition coefficient (Wildman–Crippen LogP) is 6.36. The zero-order chi connectivity index (χ0) is 30.3. The van der Waals surface area contributed by atoms with E-state index in [-0.39, 0.29) is 29.3 Å². The van der Waals surface area contributed by atoms with Gasteiger partial charge in [-0.1, -0.05) is 12.1 Å². The molecular formula is C31H29F3N6O2S. The van der Waals surface area contributed by atoms with Crippen molar-refractivity contribution in [2.45, 2.75) is 19.6 Å². The average molecular weight is 607 g/mol. The first-order chi connectivity index (χ1) is 20.5. The molecule has 2 aromatic carbocycles. The summed E-state index contributed by atoms with van der Waals surface area (Å²) in [6.45, 7) is 4.96. The SMILES string of the molecule is Cc1ccc(C(=O)Nc2ccc(CN3CCN(C)CC3)c(C(F)(F)F)c2)cc1NC(=O)c1cc2cnc3[nH]ccc3c2s1. The van der Waals surface area contributed by atoms with E-state index in [0.29, 0.717) is 23.7 Å². The molecule has 5 aromatic rings. The molecular weight excluding hydrogens is 577 g/mol. The van der Waals surface area contributed by atoms with Crippen LogP contribution in [0.25, 0.3) is 21.1 Å². The molecule has 8 nitrogen and oxygen atoms in total. The van der Waals surface area contributed by atoms with Crippen LogP contribution in [-0.4, -0.2) is 64.8 Å². The number of benzene rings is 2. The first-order valence-electron chi connectivity index (χ1n) is 13.7. The van der Waals surface area contributed by atoms with Gasteiger partial charge in [0.2, 0.25) is 0 Å². The topological polar surface area (TPSA) is 93.4 Å². The minimum atomic E-state index is -4.57. The molecule has 0 radical (unpaired) electrons. The number of nitrogens with zero attached hydrogens (tertiary/aromatic N) is 3. The molecule has 0 spiro atoms. The molecule has 0 atom stereocenters. The molecule has 222 valence electrons. The maximum absolute atomic E-state index is 14.0. The quantitative estimate of drug-likeness (QED) is 0.209. The van der Waals surface area contributed by atoms with E-state index in [2.05, 4.69) is 25.5 Å².